The Bertz CT molecular complexity index is 718. The minimum absolute atomic E-state index is 0.334. The van der Waals surface area contributed by atoms with Gasteiger partial charge in [0, 0.05) is 0 Å². The number of rotatable bonds is 5. The molecule has 0 spiro atoms. The smallest absolute Gasteiger partial charge is 0.262 e. The van der Waals surface area contributed by atoms with Crippen LogP contribution in [0.3, 0.4) is 0 Å². The van der Waals surface area contributed by atoms with Crippen LogP contribution in [0.5, 0.6) is 0 Å². The molecule has 0 aliphatic carbocycles. The maximum absolute atomic E-state index is 13.5. The van der Waals surface area contributed by atoms with Crippen molar-refractivity contribution in [2.75, 3.05) is 16.2 Å². The maximum atomic E-state index is 13.5. The number of halogens is 2. The van der Waals surface area contributed by atoms with Gasteiger partial charge in [0.15, 0.2) is 0 Å². The summed E-state index contributed by atoms with van der Waals surface area (Å²) in [5.41, 5.74) is 0.681. The van der Waals surface area contributed by atoms with Gasteiger partial charge in [-0.1, -0.05) is 23.8 Å². The predicted octanol–water partition coefficient (Wildman–Crippen LogP) is 2.86. The van der Waals surface area contributed by atoms with Crippen LogP contribution in [0, 0.1) is 18.6 Å². The minimum atomic E-state index is -2.47. The Morgan fingerprint density at radius 3 is 2.26 bits per heavy atom. The number of nitrogens with one attached hydrogen (secondary N) is 1. The van der Waals surface area contributed by atoms with Crippen LogP contribution in [0.25, 0.3) is 0 Å². The molecular formula is C15H14F2N2O3S. The standard InChI is InChI=1S/C15H14F2N2O3S/c1-10-5-7-11(8-6-10)19(23(21)22)9-14(20)18-15-12(16)3-2-4-13(15)17/h2-8H,9H2,1H3,(H,18,20)(H,21,22). The third-order valence-electron chi connectivity index (χ3n) is 3.02. The molecule has 2 N–H and O–H groups in total. The largest absolute Gasteiger partial charge is 0.320 e. The second kappa shape index (κ2) is 7.30. The molecule has 5 nitrogen and oxygen atoms in total. The van der Waals surface area contributed by atoms with Gasteiger partial charge >= 0.3 is 0 Å². The third kappa shape index (κ3) is 4.33. The zero-order valence-electron chi connectivity index (χ0n) is 12.1. The van der Waals surface area contributed by atoms with Crippen molar-refractivity contribution in [1.82, 2.24) is 0 Å². The molecule has 0 heterocycles. The summed E-state index contributed by atoms with van der Waals surface area (Å²) in [6.45, 7) is 1.30. The average Bonchev–Trinajstić information content (AvgIpc) is 2.49. The molecule has 2 aromatic rings. The van der Waals surface area contributed by atoms with E-state index in [9.17, 15) is 22.3 Å². The highest BCUT2D eigenvalue weighted by molar-refractivity contribution is 7.80. The minimum Gasteiger partial charge on any atom is -0.320 e. The van der Waals surface area contributed by atoms with E-state index in [4.69, 9.17) is 0 Å². The van der Waals surface area contributed by atoms with Crippen LogP contribution in [-0.4, -0.2) is 21.2 Å². The number of aryl methyl sites for hydroxylation is 1. The number of benzene rings is 2. The first kappa shape index (κ1) is 17.0. The Morgan fingerprint density at radius 1 is 1.17 bits per heavy atom. The molecule has 0 fully saturated rings. The zero-order chi connectivity index (χ0) is 17.0. The van der Waals surface area contributed by atoms with Gasteiger partial charge in [-0.15, -0.1) is 0 Å². The molecule has 122 valence electrons. The number of anilines is 2. The second-order valence-electron chi connectivity index (χ2n) is 4.75. The van der Waals surface area contributed by atoms with E-state index in [0.717, 1.165) is 22.0 Å². The lowest BCUT2D eigenvalue weighted by Gasteiger charge is -2.19. The first-order chi connectivity index (χ1) is 10.9. The summed E-state index contributed by atoms with van der Waals surface area (Å²) in [6.07, 6.45) is 0. The molecular weight excluding hydrogens is 326 g/mol. The van der Waals surface area contributed by atoms with Crippen LogP contribution in [-0.2, 0) is 16.1 Å². The van der Waals surface area contributed by atoms with Crippen molar-refractivity contribution in [2.45, 2.75) is 6.92 Å². The summed E-state index contributed by atoms with van der Waals surface area (Å²) in [5.74, 6) is -2.67. The van der Waals surface area contributed by atoms with E-state index in [-0.39, 0.29) is 0 Å². The molecule has 0 saturated heterocycles. The summed E-state index contributed by atoms with van der Waals surface area (Å²) < 4.78 is 48.6. The molecule has 0 aromatic heterocycles. The molecule has 0 aliphatic rings. The van der Waals surface area contributed by atoms with Crippen molar-refractivity contribution in [3.63, 3.8) is 0 Å². The van der Waals surface area contributed by atoms with Crippen molar-refractivity contribution in [1.29, 1.82) is 0 Å². The fraction of sp³-hybridized carbons (Fsp3) is 0.133. The molecule has 23 heavy (non-hydrogen) atoms. The van der Waals surface area contributed by atoms with Crippen molar-refractivity contribution in [3.05, 3.63) is 59.7 Å². The van der Waals surface area contributed by atoms with Crippen molar-refractivity contribution < 1.29 is 22.3 Å². The van der Waals surface area contributed by atoms with Gasteiger partial charge in [-0.3, -0.25) is 13.7 Å². The van der Waals surface area contributed by atoms with Gasteiger partial charge in [-0.05, 0) is 31.2 Å². The van der Waals surface area contributed by atoms with E-state index in [2.05, 4.69) is 5.32 Å². The van der Waals surface area contributed by atoms with Crippen molar-refractivity contribution in [3.8, 4) is 0 Å². The highest BCUT2D eigenvalue weighted by Gasteiger charge is 2.19. The van der Waals surface area contributed by atoms with Crippen LogP contribution in [0.15, 0.2) is 42.5 Å². The molecule has 0 aliphatic heterocycles. The number of amides is 1. The number of carbonyl (C=O) groups is 1. The summed E-state index contributed by atoms with van der Waals surface area (Å²) in [7, 11) is 0. The first-order valence-electron chi connectivity index (χ1n) is 6.57. The van der Waals surface area contributed by atoms with Crippen LogP contribution in [0.2, 0.25) is 0 Å². The number of nitrogens with zero attached hydrogens (tertiary/aromatic N) is 1. The van der Waals surface area contributed by atoms with Crippen molar-refractivity contribution in [2.24, 2.45) is 0 Å². The van der Waals surface area contributed by atoms with Gasteiger partial charge in [0.2, 0.25) is 5.91 Å². The van der Waals surface area contributed by atoms with E-state index in [1.807, 2.05) is 6.92 Å². The number of hydrogen-bond donors (Lipinski definition) is 2. The lowest BCUT2D eigenvalue weighted by molar-refractivity contribution is -0.114. The first-order valence-corrected chi connectivity index (χ1v) is 7.64. The van der Waals surface area contributed by atoms with Gasteiger partial charge < -0.3 is 5.32 Å². The lowest BCUT2D eigenvalue weighted by Crippen LogP contribution is -2.34. The van der Waals surface area contributed by atoms with E-state index >= 15 is 0 Å². The molecule has 0 bridgehead atoms. The Kier molecular flexibility index (Phi) is 5.41. The molecule has 0 radical (unpaired) electrons. The van der Waals surface area contributed by atoms with Crippen LogP contribution in [0.4, 0.5) is 20.2 Å². The average molecular weight is 340 g/mol. The monoisotopic (exact) mass is 340 g/mol. The molecule has 8 heteroatoms. The Labute approximate surface area is 134 Å². The lowest BCUT2D eigenvalue weighted by atomic mass is 10.2. The number of hydrogen-bond acceptors (Lipinski definition) is 2. The quantitative estimate of drug-likeness (QED) is 0.823. The highest BCUT2D eigenvalue weighted by Crippen LogP contribution is 2.19. The normalized spacial score (nSPS) is 11.8. The highest BCUT2D eigenvalue weighted by atomic mass is 32.2. The van der Waals surface area contributed by atoms with Gasteiger partial charge in [-0.2, -0.15) is 0 Å². The molecule has 1 atom stereocenters. The summed E-state index contributed by atoms with van der Waals surface area (Å²) >= 11 is -2.47. The van der Waals surface area contributed by atoms with Crippen LogP contribution < -0.4 is 9.62 Å². The zero-order valence-corrected chi connectivity index (χ0v) is 12.9. The van der Waals surface area contributed by atoms with E-state index in [1.54, 1.807) is 24.3 Å². The molecule has 1 amide bonds. The van der Waals surface area contributed by atoms with Gasteiger partial charge in [0.1, 0.15) is 23.9 Å². The molecule has 2 rings (SSSR count). The summed E-state index contributed by atoms with van der Waals surface area (Å²) in [6, 6.07) is 9.73. The third-order valence-corrected chi connectivity index (χ3v) is 3.74. The Hall–Kier alpha value is -2.32. The molecule has 2 aromatic carbocycles. The topological polar surface area (TPSA) is 69.6 Å². The van der Waals surface area contributed by atoms with Gasteiger partial charge in [0.25, 0.3) is 11.3 Å². The van der Waals surface area contributed by atoms with Gasteiger partial charge in [-0.25, -0.2) is 13.0 Å². The van der Waals surface area contributed by atoms with Gasteiger partial charge in [0.05, 0.1) is 5.69 Å². The SMILES string of the molecule is Cc1ccc(N(CC(=O)Nc2c(F)cccc2F)S(=O)O)cc1. The van der Waals surface area contributed by atoms with E-state index in [0.29, 0.717) is 5.69 Å². The fourth-order valence-corrected chi connectivity index (χ4v) is 2.40. The van der Waals surface area contributed by atoms with Crippen LogP contribution >= 0.6 is 0 Å². The predicted molar refractivity (Wildman–Crippen MR) is 84.3 cm³/mol. The number of para-hydroxylation sites is 1. The summed E-state index contributed by atoms with van der Waals surface area (Å²) in [4.78, 5) is 11.9. The van der Waals surface area contributed by atoms with Crippen molar-refractivity contribution >= 4 is 28.5 Å². The van der Waals surface area contributed by atoms with E-state index in [1.165, 1.54) is 6.07 Å². The molecule has 0 saturated carbocycles. The summed E-state index contributed by atoms with van der Waals surface area (Å²) in [5, 5.41) is 2.07. The Morgan fingerprint density at radius 2 is 1.74 bits per heavy atom. The van der Waals surface area contributed by atoms with Crippen LogP contribution in [0.1, 0.15) is 5.56 Å². The number of carbonyl (C=O) groups excluding carboxylic acids is 1. The fourth-order valence-electron chi connectivity index (χ4n) is 1.87. The van der Waals surface area contributed by atoms with E-state index < -0.39 is 41.0 Å². The second-order valence-corrected chi connectivity index (χ2v) is 5.65. The Balaban J connectivity index is 2.16. The maximum Gasteiger partial charge on any atom is 0.262 e. The molecule has 1 unspecified atom stereocenters.